The molecule has 0 saturated carbocycles. The van der Waals surface area contributed by atoms with Crippen molar-refractivity contribution in [3.8, 4) is 5.75 Å². The van der Waals surface area contributed by atoms with Crippen molar-refractivity contribution >= 4 is 15.9 Å². The summed E-state index contributed by atoms with van der Waals surface area (Å²) in [6, 6.07) is 4.18. The first-order valence-corrected chi connectivity index (χ1v) is 5.74. The molecule has 0 saturated heterocycles. The fraction of sp³-hybridized carbons (Fsp3) is 0.455. The number of hydrogen-bond donors (Lipinski definition) is 1. The van der Waals surface area contributed by atoms with E-state index in [1.165, 1.54) is 14.2 Å². The van der Waals surface area contributed by atoms with Crippen molar-refractivity contribution in [1.29, 1.82) is 0 Å². The van der Waals surface area contributed by atoms with Gasteiger partial charge < -0.3 is 10.1 Å². The number of methoxy groups -OCH3 is 1. The van der Waals surface area contributed by atoms with Crippen LogP contribution in [-0.2, 0) is 0 Å². The first kappa shape index (κ1) is 14.3. The highest BCUT2D eigenvalue weighted by atomic mass is 79.9. The minimum absolute atomic E-state index is 0.441. The predicted octanol–water partition coefficient (Wildman–Crippen LogP) is 3.67. The van der Waals surface area contributed by atoms with Crippen LogP contribution in [0.5, 0.6) is 5.75 Å². The highest BCUT2D eigenvalue weighted by Crippen LogP contribution is 2.35. The first-order chi connectivity index (χ1) is 7.87. The average Bonchev–Trinajstić information content (AvgIpc) is 2.24. The quantitative estimate of drug-likeness (QED) is 0.916. The number of nitrogens with one attached hydrogen (secondary N) is 1. The van der Waals surface area contributed by atoms with Gasteiger partial charge in [0, 0.05) is 16.1 Å². The molecular formula is C11H13BrF3NO. The molecule has 1 N–H and O–H groups in total. The summed E-state index contributed by atoms with van der Waals surface area (Å²) in [7, 11) is 2.93. The Labute approximate surface area is 106 Å². The molecule has 6 heteroatoms. The van der Waals surface area contributed by atoms with E-state index in [1.807, 2.05) is 0 Å². The maximum atomic E-state index is 12.4. The van der Waals surface area contributed by atoms with Crippen molar-refractivity contribution in [1.82, 2.24) is 5.32 Å². The lowest BCUT2D eigenvalue weighted by atomic mass is 10.0. The lowest BCUT2D eigenvalue weighted by molar-refractivity contribution is -0.140. The Morgan fingerprint density at radius 2 is 2.06 bits per heavy atom. The topological polar surface area (TPSA) is 21.3 Å². The highest BCUT2D eigenvalue weighted by molar-refractivity contribution is 9.10. The standard InChI is InChI=1S/C11H13BrF3NO/c1-16-9(6-11(13,14)15)8-5-7(12)3-4-10(8)17-2/h3-5,9,16H,6H2,1-2H3. The third-order valence-corrected chi connectivity index (χ3v) is 2.84. The summed E-state index contributed by atoms with van der Waals surface area (Å²) in [5.41, 5.74) is 0.488. The maximum Gasteiger partial charge on any atom is 0.390 e. The molecule has 1 aromatic carbocycles. The van der Waals surface area contributed by atoms with E-state index in [-0.39, 0.29) is 0 Å². The van der Waals surface area contributed by atoms with E-state index in [2.05, 4.69) is 21.2 Å². The Hall–Kier alpha value is -0.750. The monoisotopic (exact) mass is 311 g/mol. The second-order valence-corrected chi connectivity index (χ2v) is 4.46. The largest absolute Gasteiger partial charge is 0.496 e. The molecule has 0 aliphatic carbocycles. The summed E-state index contributed by atoms with van der Waals surface area (Å²) in [5.74, 6) is 0.441. The van der Waals surface area contributed by atoms with Crippen LogP contribution in [0.25, 0.3) is 0 Å². The summed E-state index contributed by atoms with van der Waals surface area (Å²) in [6.07, 6.45) is -5.16. The van der Waals surface area contributed by atoms with Gasteiger partial charge in [0.1, 0.15) is 5.75 Å². The molecule has 0 aliphatic heterocycles. The van der Waals surface area contributed by atoms with Gasteiger partial charge in [-0.2, -0.15) is 13.2 Å². The van der Waals surface area contributed by atoms with Crippen molar-refractivity contribution in [2.45, 2.75) is 18.6 Å². The molecule has 1 rings (SSSR count). The molecule has 0 spiro atoms. The van der Waals surface area contributed by atoms with Crippen LogP contribution in [0.3, 0.4) is 0 Å². The third kappa shape index (κ3) is 4.20. The zero-order chi connectivity index (χ0) is 13.1. The molecule has 0 fully saturated rings. The number of ether oxygens (including phenoxy) is 1. The van der Waals surface area contributed by atoms with E-state index in [1.54, 1.807) is 18.2 Å². The van der Waals surface area contributed by atoms with Gasteiger partial charge in [0.15, 0.2) is 0 Å². The Balaban J connectivity index is 3.06. The van der Waals surface area contributed by atoms with Crippen LogP contribution in [0.2, 0.25) is 0 Å². The molecule has 0 radical (unpaired) electrons. The summed E-state index contributed by atoms with van der Waals surface area (Å²) >= 11 is 3.24. The van der Waals surface area contributed by atoms with Crippen molar-refractivity contribution in [3.05, 3.63) is 28.2 Å². The van der Waals surface area contributed by atoms with Crippen LogP contribution in [-0.4, -0.2) is 20.3 Å². The lowest BCUT2D eigenvalue weighted by Crippen LogP contribution is -2.24. The van der Waals surface area contributed by atoms with Gasteiger partial charge in [0.2, 0.25) is 0 Å². The van der Waals surface area contributed by atoms with Crippen LogP contribution >= 0.6 is 15.9 Å². The molecule has 0 aliphatic rings. The lowest BCUT2D eigenvalue weighted by Gasteiger charge is -2.21. The van der Waals surface area contributed by atoms with Crippen molar-refractivity contribution in [2.75, 3.05) is 14.2 Å². The van der Waals surface area contributed by atoms with E-state index in [4.69, 9.17) is 4.74 Å². The molecule has 2 nitrogen and oxygen atoms in total. The molecule has 0 aromatic heterocycles. The Kier molecular flexibility index (Phi) is 4.82. The molecule has 1 atom stereocenters. The fourth-order valence-electron chi connectivity index (χ4n) is 1.58. The van der Waals surface area contributed by atoms with Gasteiger partial charge in [0.05, 0.1) is 13.5 Å². The molecule has 0 bridgehead atoms. The number of rotatable bonds is 4. The first-order valence-electron chi connectivity index (χ1n) is 4.95. The van der Waals surface area contributed by atoms with Gasteiger partial charge in [-0.25, -0.2) is 0 Å². The van der Waals surface area contributed by atoms with E-state index >= 15 is 0 Å². The predicted molar refractivity (Wildman–Crippen MR) is 63.2 cm³/mol. The van der Waals surface area contributed by atoms with E-state index in [0.717, 1.165) is 4.47 Å². The van der Waals surface area contributed by atoms with Crippen LogP contribution in [0.4, 0.5) is 13.2 Å². The molecular weight excluding hydrogens is 299 g/mol. The normalized spacial score (nSPS) is 13.5. The molecule has 0 heterocycles. The van der Waals surface area contributed by atoms with Crippen molar-refractivity contribution in [3.63, 3.8) is 0 Å². The minimum Gasteiger partial charge on any atom is -0.496 e. The fourth-order valence-corrected chi connectivity index (χ4v) is 1.96. The molecule has 0 amide bonds. The summed E-state index contributed by atoms with van der Waals surface area (Å²) < 4.78 is 43.1. The molecule has 1 aromatic rings. The summed E-state index contributed by atoms with van der Waals surface area (Å²) in [5, 5.41) is 2.66. The minimum atomic E-state index is -4.22. The van der Waals surface area contributed by atoms with Crippen LogP contribution in [0, 0.1) is 0 Å². The Morgan fingerprint density at radius 1 is 1.41 bits per heavy atom. The van der Waals surface area contributed by atoms with Crippen molar-refractivity contribution in [2.24, 2.45) is 0 Å². The maximum absolute atomic E-state index is 12.4. The van der Waals surface area contributed by atoms with Gasteiger partial charge in [-0.1, -0.05) is 15.9 Å². The second-order valence-electron chi connectivity index (χ2n) is 3.55. The SMILES string of the molecule is CNC(CC(F)(F)F)c1cc(Br)ccc1OC. The zero-order valence-electron chi connectivity index (χ0n) is 9.44. The van der Waals surface area contributed by atoms with Gasteiger partial charge >= 0.3 is 6.18 Å². The van der Waals surface area contributed by atoms with E-state index < -0.39 is 18.6 Å². The third-order valence-electron chi connectivity index (χ3n) is 2.35. The highest BCUT2D eigenvalue weighted by Gasteiger charge is 2.33. The molecule has 17 heavy (non-hydrogen) atoms. The van der Waals surface area contributed by atoms with Gasteiger partial charge in [-0.05, 0) is 25.2 Å². The van der Waals surface area contributed by atoms with Gasteiger partial charge in [-0.3, -0.25) is 0 Å². The van der Waals surface area contributed by atoms with Gasteiger partial charge in [0.25, 0.3) is 0 Å². The smallest absolute Gasteiger partial charge is 0.390 e. The van der Waals surface area contributed by atoms with Crippen LogP contribution in [0.15, 0.2) is 22.7 Å². The van der Waals surface area contributed by atoms with Gasteiger partial charge in [-0.15, -0.1) is 0 Å². The van der Waals surface area contributed by atoms with Crippen LogP contribution in [0.1, 0.15) is 18.0 Å². The number of hydrogen-bond acceptors (Lipinski definition) is 2. The number of alkyl halides is 3. The second kappa shape index (κ2) is 5.73. The Morgan fingerprint density at radius 3 is 2.53 bits per heavy atom. The molecule has 1 unspecified atom stereocenters. The van der Waals surface area contributed by atoms with E-state index in [0.29, 0.717) is 11.3 Å². The average molecular weight is 312 g/mol. The summed E-state index contributed by atoms with van der Waals surface area (Å²) in [6.45, 7) is 0. The van der Waals surface area contributed by atoms with Crippen molar-refractivity contribution < 1.29 is 17.9 Å². The number of halogens is 4. The van der Waals surface area contributed by atoms with Crippen LogP contribution < -0.4 is 10.1 Å². The summed E-state index contributed by atoms with van der Waals surface area (Å²) in [4.78, 5) is 0. The van der Waals surface area contributed by atoms with E-state index in [9.17, 15) is 13.2 Å². The molecule has 96 valence electrons. The zero-order valence-corrected chi connectivity index (χ0v) is 11.0. The Bertz CT molecular complexity index is 381. The number of benzene rings is 1.